The first-order valence-electron chi connectivity index (χ1n) is 11.0. The number of carbonyl (C=O) groups is 2. The molecule has 0 bridgehead atoms. The van der Waals surface area contributed by atoms with Crippen LogP contribution in [0.3, 0.4) is 0 Å². The Kier molecular flexibility index (Phi) is 5.06. The number of urea groups is 1. The molecule has 2 aromatic carbocycles. The highest BCUT2D eigenvalue weighted by Gasteiger charge is 2.28. The zero-order chi connectivity index (χ0) is 21.5. The monoisotopic (exact) mass is 419 g/mol. The SMILES string of the molecule is Cc1ccc(C(=O)NC2CC2)cc1N1Cc2ccc(N3CCN(C)CC3)cc2NC1=O. The number of fused-ring (bicyclic) bond motifs is 1. The zero-order valence-electron chi connectivity index (χ0n) is 18.1. The van der Waals surface area contributed by atoms with E-state index in [9.17, 15) is 9.59 Å². The predicted octanol–water partition coefficient (Wildman–Crippen LogP) is 3.19. The average molecular weight is 420 g/mol. The van der Waals surface area contributed by atoms with Gasteiger partial charge in [-0.2, -0.15) is 0 Å². The number of benzene rings is 2. The molecule has 0 spiro atoms. The van der Waals surface area contributed by atoms with E-state index < -0.39 is 0 Å². The minimum atomic E-state index is -0.161. The standard InChI is InChI=1S/C24H29N5O2/c1-16-3-4-17(23(30)25-19-6-7-19)13-22(16)29-15-18-5-8-20(14-21(18)26-24(29)31)28-11-9-27(2)10-12-28/h3-5,8,13-14,19H,6-7,9-12,15H2,1-2H3,(H,25,30)(H,26,31). The van der Waals surface area contributed by atoms with Gasteiger partial charge in [0, 0.05) is 54.8 Å². The topological polar surface area (TPSA) is 67.9 Å². The lowest BCUT2D eigenvalue weighted by molar-refractivity contribution is 0.0951. The maximum Gasteiger partial charge on any atom is 0.326 e. The van der Waals surface area contributed by atoms with Crippen molar-refractivity contribution in [2.75, 3.05) is 48.3 Å². The van der Waals surface area contributed by atoms with Crippen LogP contribution in [-0.2, 0) is 6.54 Å². The van der Waals surface area contributed by atoms with Gasteiger partial charge in [0.2, 0.25) is 0 Å². The summed E-state index contributed by atoms with van der Waals surface area (Å²) in [6.45, 7) is 6.52. The average Bonchev–Trinajstić information content (AvgIpc) is 3.58. The molecule has 1 saturated heterocycles. The van der Waals surface area contributed by atoms with Crippen molar-refractivity contribution in [1.29, 1.82) is 0 Å². The number of nitrogens with one attached hydrogen (secondary N) is 2. The first-order valence-corrected chi connectivity index (χ1v) is 11.0. The van der Waals surface area contributed by atoms with Gasteiger partial charge in [-0.1, -0.05) is 12.1 Å². The van der Waals surface area contributed by atoms with Crippen molar-refractivity contribution in [3.05, 3.63) is 53.1 Å². The molecule has 0 unspecified atom stereocenters. The third-order valence-electron chi connectivity index (χ3n) is 6.45. The van der Waals surface area contributed by atoms with E-state index in [0.717, 1.165) is 67.2 Å². The van der Waals surface area contributed by atoms with E-state index in [2.05, 4.69) is 45.7 Å². The Morgan fingerprint density at radius 2 is 1.84 bits per heavy atom. The normalized spacial score (nSPS) is 19.1. The van der Waals surface area contributed by atoms with Crippen LogP contribution in [0.1, 0.15) is 34.3 Å². The lowest BCUT2D eigenvalue weighted by Crippen LogP contribution is -2.44. The number of rotatable bonds is 4. The molecule has 5 rings (SSSR count). The summed E-state index contributed by atoms with van der Waals surface area (Å²) < 4.78 is 0. The van der Waals surface area contributed by atoms with Crippen LogP contribution in [0.2, 0.25) is 0 Å². The van der Waals surface area contributed by atoms with Crippen molar-refractivity contribution in [2.45, 2.75) is 32.4 Å². The number of nitrogens with zero attached hydrogens (tertiary/aromatic N) is 3. The van der Waals surface area contributed by atoms with Crippen LogP contribution >= 0.6 is 0 Å². The smallest absolute Gasteiger partial charge is 0.326 e. The lowest BCUT2D eigenvalue weighted by atomic mass is 10.0. The minimum Gasteiger partial charge on any atom is -0.369 e. The summed E-state index contributed by atoms with van der Waals surface area (Å²) in [5.41, 5.74) is 5.43. The number of anilines is 3. The Morgan fingerprint density at radius 3 is 2.58 bits per heavy atom. The highest BCUT2D eigenvalue weighted by atomic mass is 16.2. The van der Waals surface area contributed by atoms with Crippen LogP contribution in [0.4, 0.5) is 21.9 Å². The van der Waals surface area contributed by atoms with E-state index in [1.165, 1.54) is 0 Å². The molecule has 0 radical (unpaired) electrons. The summed E-state index contributed by atoms with van der Waals surface area (Å²) >= 11 is 0. The molecule has 3 aliphatic rings. The molecule has 2 aromatic rings. The molecule has 0 atom stereocenters. The van der Waals surface area contributed by atoms with Gasteiger partial charge in [-0.3, -0.25) is 9.69 Å². The van der Waals surface area contributed by atoms with Gasteiger partial charge in [0.25, 0.3) is 5.91 Å². The number of carbonyl (C=O) groups excluding carboxylic acids is 2. The van der Waals surface area contributed by atoms with Gasteiger partial charge in [0.1, 0.15) is 0 Å². The second-order valence-corrected chi connectivity index (χ2v) is 8.90. The van der Waals surface area contributed by atoms with Gasteiger partial charge >= 0.3 is 6.03 Å². The molecule has 1 aliphatic carbocycles. The molecule has 2 heterocycles. The van der Waals surface area contributed by atoms with E-state index in [4.69, 9.17) is 0 Å². The van der Waals surface area contributed by atoms with Gasteiger partial charge in [-0.15, -0.1) is 0 Å². The van der Waals surface area contributed by atoms with Crippen molar-refractivity contribution in [3.8, 4) is 0 Å². The summed E-state index contributed by atoms with van der Waals surface area (Å²) in [5.74, 6) is -0.0709. The number of amides is 3. The Balaban J connectivity index is 1.37. The van der Waals surface area contributed by atoms with Crippen molar-refractivity contribution in [2.24, 2.45) is 0 Å². The van der Waals surface area contributed by atoms with Gasteiger partial charge in [0.15, 0.2) is 0 Å². The second kappa shape index (κ2) is 7.89. The number of aryl methyl sites for hydroxylation is 1. The molecule has 7 heteroatoms. The molecule has 7 nitrogen and oxygen atoms in total. The molecular weight excluding hydrogens is 390 g/mol. The second-order valence-electron chi connectivity index (χ2n) is 8.90. The Bertz CT molecular complexity index is 1020. The van der Waals surface area contributed by atoms with E-state index in [1.54, 1.807) is 4.90 Å². The summed E-state index contributed by atoms with van der Waals surface area (Å²) in [5, 5.41) is 6.09. The first kappa shape index (κ1) is 19.9. The van der Waals surface area contributed by atoms with Gasteiger partial charge < -0.3 is 20.4 Å². The molecule has 1 saturated carbocycles. The van der Waals surface area contributed by atoms with E-state index >= 15 is 0 Å². The fraction of sp³-hybridized carbons (Fsp3) is 0.417. The molecular formula is C24H29N5O2. The molecule has 3 amide bonds. The van der Waals surface area contributed by atoms with Gasteiger partial charge in [0.05, 0.1) is 6.54 Å². The van der Waals surface area contributed by atoms with Crippen LogP contribution in [0.25, 0.3) is 0 Å². The van der Waals surface area contributed by atoms with Crippen molar-refractivity contribution >= 4 is 29.0 Å². The third kappa shape index (κ3) is 4.10. The quantitative estimate of drug-likeness (QED) is 0.799. The van der Waals surface area contributed by atoms with Crippen LogP contribution in [0, 0.1) is 6.92 Å². The fourth-order valence-electron chi connectivity index (χ4n) is 4.24. The molecule has 162 valence electrons. The number of hydrogen-bond donors (Lipinski definition) is 2. The number of likely N-dealkylation sites (N-methyl/N-ethyl adjacent to an activating group) is 1. The maximum atomic E-state index is 13.0. The Labute approximate surface area is 183 Å². The summed E-state index contributed by atoms with van der Waals surface area (Å²) in [7, 11) is 2.14. The highest BCUT2D eigenvalue weighted by Crippen LogP contribution is 2.33. The largest absolute Gasteiger partial charge is 0.369 e. The first-order chi connectivity index (χ1) is 15.0. The fourth-order valence-corrected chi connectivity index (χ4v) is 4.24. The van der Waals surface area contributed by atoms with Crippen LogP contribution in [-0.4, -0.2) is 56.1 Å². The van der Waals surface area contributed by atoms with E-state index in [0.29, 0.717) is 18.2 Å². The van der Waals surface area contributed by atoms with E-state index in [-0.39, 0.29) is 11.9 Å². The molecule has 2 aliphatic heterocycles. The molecule has 2 N–H and O–H groups in total. The van der Waals surface area contributed by atoms with Crippen LogP contribution in [0.5, 0.6) is 0 Å². The van der Waals surface area contributed by atoms with Crippen molar-refractivity contribution in [1.82, 2.24) is 10.2 Å². The number of hydrogen-bond acceptors (Lipinski definition) is 4. The van der Waals surface area contributed by atoms with Crippen LogP contribution in [0.15, 0.2) is 36.4 Å². The van der Waals surface area contributed by atoms with Gasteiger partial charge in [-0.05, 0) is 62.2 Å². The number of piperazine rings is 1. The maximum absolute atomic E-state index is 13.0. The summed E-state index contributed by atoms with van der Waals surface area (Å²) in [4.78, 5) is 31.9. The van der Waals surface area contributed by atoms with E-state index in [1.807, 2.05) is 25.1 Å². The molecule has 2 fully saturated rings. The lowest BCUT2D eigenvalue weighted by Gasteiger charge is -2.35. The van der Waals surface area contributed by atoms with Gasteiger partial charge in [-0.25, -0.2) is 4.79 Å². The van der Waals surface area contributed by atoms with Crippen molar-refractivity contribution < 1.29 is 9.59 Å². The highest BCUT2D eigenvalue weighted by molar-refractivity contribution is 6.06. The summed E-state index contributed by atoms with van der Waals surface area (Å²) in [6, 6.07) is 12.0. The molecule has 31 heavy (non-hydrogen) atoms. The van der Waals surface area contributed by atoms with Crippen molar-refractivity contribution in [3.63, 3.8) is 0 Å². The van der Waals surface area contributed by atoms with Crippen LogP contribution < -0.4 is 20.4 Å². The Hall–Kier alpha value is -3.06. The minimum absolute atomic E-state index is 0.0709. The zero-order valence-corrected chi connectivity index (χ0v) is 18.1. The Morgan fingerprint density at radius 1 is 1.06 bits per heavy atom. The molecule has 0 aromatic heterocycles. The third-order valence-corrected chi connectivity index (χ3v) is 6.45. The predicted molar refractivity (Wildman–Crippen MR) is 123 cm³/mol. The summed E-state index contributed by atoms with van der Waals surface area (Å²) in [6.07, 6.45) is 2.10.